The topological polar surface area (TPSA) is 171 Å². The first-order valence-electron chi connectivity index (χ1n) is 43.4. The van der Waals surface area contributed by atoms with Gasteiger partial charge in [0.25, 0.3) is 0 Å². The molecule has 5 rings (SSSR count). The van der Waals surface area contributed by atoms with Gasteiger partial charge in [-0.3, -0.25) is 39.0 Å². The Bertz CT molecular complexity index is 3730. The van der Waals surface area contributed by atoms with Crippen molar-refractivity contribution in [2.45, 2.75) is 282 Å². The molecule has 0 bridgehead atoms. The van der Waals surface area contributed by atoms with Gasteiger partial charge in [-0.15, -0.1) is 19.7 Å². The van der Waals surface area contributed by atoms with Crippen molar-refractivity contribution < 1.29 is 19.2 Å². The molecule has 1 unspecified atom stereocenters. The third kappa shape index (κ3) is 63.2. The van der Waals surface area contributed by atoms with E-state index in [-0.39, 0.29) is 72.2 Å². The van der Waals surface area contributed by atoms with Crippen molar-refractivity contribution in [3.8, 4) is 0 Å². The standard InChI is InChI=1S/C12H23N.C11H21NO.C11H19NO.3C11H15N.C11H20O.2C10H14N2.C10H19NO/c1-6-9-13(10-7-2)11-8-12(3,4)5;1-6-10(13)12(7-2)9-8-11(3,4)5;1-6-8-12(10(13)7-2)9-11(3,4)5;1-5-10-8-9(6-7-12-10)11(2,3)4;1-5-10-9(11(2,3)4)7-6-8-12-10;1-5-9-7-6-8-10(12-9)11(2,3)4;1-6-7-10(12)8-9(2)11(3,4)5;1-5-8-6-9(10(2,3)4)12-7-11-8;1-5-9-11-7-6-8(12-9)10(2,3)4;1-6-9(12)11(7-2)8-10(3,4)5/h6-7H,1-2,8-11H2,3-5H3;6H,1,7-9H2,2-5H3;6-7H,1-2,8-9H2,3-5H3;3*5-8H,1H2,2-4H3;6-7,9H,8H2,1-5H3;2*5-7H,1H2,2-4H3;6H,1,7-8H2,2-5H3/b;;;;;;7-6+;;;. The summed E-state index contributed by atoms with van der Waals surface area (Å²) in [4.78, 5) is 82.2. The fraction of sp³-hybridized carbons (Fsp3) is 0.528. The molecule has 0 aliphatic carbocycles. The van der Waals surface area contributed by atoms with E-state index in [1.54, 1.807) is 77.1 Å². The van der Waals surface area contributed by atoms with Gasteiger partial charge >= 0.3 is 0 Å². The Hall–Kier alpha value is -9.47. The maximum Gasteiger partial charge on any atom is 0.246 e. The summed E-state index contributed by atoms with van der Waals surface area (Å²) in [5, 5.41) is 0. The molecule has 0 aliphatic rings. The first kappa shape index (κ1) is 122. The molecule has 0 fully saturated rings. The van der Waals surface area contributed by atoms with Gasteiger partial charge in [-0.25, -0.2) is 19.9 Å². The van der Waals surface area contributed by atoms with Crippen molar-refractivity contribution in [2.75, 3.05) is 58.9 Å². The predicted molar refractivity (Wildman–Crippen MR) is 540 cm³/mol. The molecule has 15 nitrogen and oxygen atoms in total. The van der Waals surface area contributed by atoms with Gasteiger partial charge in [-0.1, -0.05) is 304 Å². The SMILES string of the molecule is C/C=C/C(=O)CC(C)C(C)(C)C.C=CC(=O)N(CC)CC(C)(C)C.C=CC(=O)N(CC)CCC(C)(C)C.C=CCN(CC(C)(C)C)C(=O)C=C.C=CCN(CC=C)CCC(C)(C)C.C=Cc1cc(C(C)(C)C)ccn1.C=Cc1cc(C(C)(C)C)ncn1.C=Cc1cccc(C(C)(C)C)n1.C=Cc1nccc(C(C)(C)C)n1.C=Cc1ncccc1C(C)(C)C. The number of likely N-dealkylation sites (N-methyl/N-ethyl adjacent to an activating group) is 2. The summed E-state index contributed by atoms with van der Waals surface area (Å²) in [5.74, 6) is 1.40. The highest BCUT2D eigenvalue weighted by molar-refractivity contribution is 5.90. The molecular formula is C108H175N11O4. The van der Waals surface area contributed by atoms with E-state index in [0.29, 0.717) is 30.1 Å². The van der Waals surface area contributed by atoms with Gasteiger partial charge in [0.2, 0.25) is 17.7 Å². The molecule has 0 aromatic carbocycles. The average Bonchev–Trinajstić information content (AvgIpc) is 0.845. The van der Waals surface area contributed by atoms with Crippen LogP contribution in [0.15, 0.2) is 200 Å². The molecule has 0 N–H and O–H groups in total. The zero-order chi connectivity index (χ0) is 96.8. The maximum atomic E-state index is 11.3. The van der Waals surface area contributed by atoms with Gasteiger partial charge in [0, 0.05) is 111 Å². The van der Waals surface area contributed by atoms with E-state index in [4.69, 9.17) is 0 Å². The molecule has 0 saturated carbocycles. The van der Waals surface area contributed by atoms with Crippen molar-refractivity contribution >= 4 is 53.9 Å². The molecule has 686 valence electrons. The van der Waals surface area contributed by atoms with Crippen LogP contribution >= 0.6 is 0 Å². The zero-order valence-electron chi connectivity index (χ0n) is 84.4. The fourth-order valence-corrected chi connectivity index (χ4v) is 10.1. The monoisotopic (exact) mass is 1690 g/mol. The van der Waals surface area contributed by atoms with Gasteiger partial charge in [0.15, 0.2) is 11.6 Å². The number of carbonyl (C=O) groups is 4. The lowest BCUT2D eigenvalue weighted by atomic mass is 9.79. The number of ketones is 1. The normalized spacial score (nSPS) is 11.6. The molecule has 15 heteroatoms. The summed E-state index contributed by atoms with van der Waals surface area (Å²) in [6, 6.07) is 18.1. The van der Waals surface area contributed by atoms with Crippen LogP contribution in [0.5, 0.6) is 0 Å². The Balaban J connectivity index is -0.000000419. The molecule has 0 spiro atoms. The van der Waals surface area contributed by atoms with E-state index in [9.17, 15) is 19.2 Å². The minimum Gasteiger partial charge on any atom is -0.339 e. The van der Waals surface area contributed by atoms with Crippen LogP contribution in [-0.4, -0.2) is 137 Å². The lowest BCUT2D eigenvalue weighted by molar-refractivity contribution is -0.127. The molecule has 0 radical (unpaired) electrons. The predicted octanol–water partition coefficient (Wildman–Crippen LogP) is 27.0. The molecule has 0 aliphatic heterocycles. The van der Waals surface area contributed by atoms with Crippen LogP contribution in [0.25, 0.3) is 30.4 Å². The van der Waals surface area contributed by atoms with Crippen LogP contribution in [-0.2, 0) is 46.3 Å². The third-order valence-corrected chi connectivity index (χ3v) is 18.1. The molecule has 5 aromatic heterocycles. The minimum absolute atomic E-state index is 0.0208. The first-order chi connectivity index (χ1) is 56.3. The lowest BCUT2D eigenvalue weighted by Crippen LogP contribution is -2.36. The number of amides is 3. The molecule has 123 heavy (non-hydrogen) atoms. The van der Waals surface area contributed by atoms with Crippen LogP contribution in [0, 0.1) is 33.0 Å². The average molecular weight is 1690 g/mol. The van der Waals surface area contributed by atoms with Gasteiger partial charge in [-0.2, -0.15) is 0 Å². The number of rotatable bonds is 25. The third-order valence-electron chi connectivity index (χ3n) is 18.1. The van der Waals surface area contributed by atoms with E-state index in [1.807, 2.05) is 86.5 Å². The number of hydrogen-bond acceptors (Lipinski definition) is 12. The number of hydrogen-bond donors (Lipinski definition) is 0. The molecule has 3 amide bonds. The van der Waals surface area contributed by atoms with E-state index in [0.717, 1.165) is 98.6 Å². The number of nitrogens with zero attached hydrogens (tertiary/aromatic N) is 11. The van der Waals surface area contributed by atoms with Gasteiger partial charge in [0.1, 0.15) is 6.33 Å². The molecule has 5 heterocycles. The van der Waals surface area contributed by atoms with Gasteiger partial charge in [0.05, 0.1) is 22.8 Å². The van der Waals surface area contributed by atoms with Crippen molar-refractivity contribution in [1.29, 1.82) is 0 Å². The highest BCUT2D eigenvalue weighted by atomic mass is 16.2. The summed E-state index contributed by atoms with van der Waals surface area (Å²) in [5.41, 5.74) is 11.4. The summed E-state index contributed by atoms with van der Waals surface area (Å²) in [6.45, 7) is 120. The number of allylic oxidation sites excluding steroid dienone is 2. The van der Waals surface area contributed by atoms with Crippen molar-refractivity contribution in [2.24, 2.45) is 33.0 Å². The smallest absolute Gasteiger partial charge is 0.246 e. The maximum absolute atomic E-state index is 11.3. The Morgan fingerprint density at radius 2 is 0.854 bits per heavy atom. The molecular weight excluding hydrogens is 1520 g/mol. The van der Waals surface area contributed by atoms with E-state index >= 15 is 0 Å². The first-order valence-corrected chi connectivity index (χ1v) is 43.4. The van der Waals surface area contributed by atoms with Crippen LogP contribution in [0.1, 0.15) is 311 Å². The second-order valence-corrected chi connectivity index (χ2v) is 41.2. The van der Waals surface area contributed by atoms with Gasteiger partial charge in [-0.05, 0) is 192 Å². The van der Waals surface area contributed by atoms with E-state index in [2.05, 4.69) is 339 Å². The summed E-state index contributed by atoms with van der Waals surface area (Å²) >= 11 is 0. The Morgan fingerprint density at radius 1 is 0.407 bits per heavy atom. The van der Waals surface area contributed by atoms with E-state index < -0.39 is 0 Å². The van der Waals surface area contributed by atoms with Crippen LogP contribution < -0.4 is 0 Å². The Kier molecular flexibility index (Phi) is 59.7. The summed E-state index contributed by atoms with van der Waals surface area (Å²) < 4.78 is 0. The fourth-order valence-electron chi connectivity index (χ4n) is 10.1. The molecule has 0 saturated heterocycles. The van der Waals surface area contributed by atoms with Crippen molar-refractivity contribution in [3.05, 3.63) is 257 Å². The number of pyridine rings is 3. The number of aromatic nitrogens is 7. The highest BCUT2D eigenvalue weighted by Crippen LogP contribution is 2.30. The van der Waals surface area contributed by atoms with Crippen molar-refractivity contribution in [3.63, 3.8) is 0 Å². The van der Waals surface area contributed by atoms with Gasteiger partial charge < -0.3 is 14.7 Å². The molecule has 1 atom stereocenters. The van der Waals surface area contributed by atoms with Crippen LogP contribution in [0.2, 0.25) is 0 Å². The molecule has 5 aromatic rings. The van der Waals surface area contributed by atoms with Crippen molar-refractivity contribution in [1.82, 2.24) is 54.5 Å². The summed E-state index contributed by atoms with van der Waals surface area (Å²) in [6.07, 6.45) is 31.8. The second kappa shape index (κ2) is 60.2. The quantitative estimate of drug-likeness (QED) is 0.0401. The number of carbonyl (C=O) groups excluding carboxylic acids is 4. The second-order valence-electron chi connectivity index (χ2n) is 41.2. The van der Waals surface area contributed by atoms with Crippen LogP contribution in [0.4, 0.5) is 0 Å². The minimum atomic E-state index is -0.0326. The summed E-state index contributed by atoms with van der Waals surface area (Å²) in [7, 11) is 0. The lowest BCUT2D eigenvalue weighted by Gasteiger charge is -2.28. The van der Waals surface area contributed by atoms with E-state index in [1.165, 1.54) is 35.8 Å². The zero-order valence-corrected chi connectivity index (χ0v) is 84.4. The van der Waals surface area contributed by atoms with Crippen LogP contribution in [0.3, 0.4) is 0 Å². The Morgan fingerprint density at radius 3 is 1.24 bits per heavy atom. The Labute approximate surface area is 754 Å². The highest BCUT2D eigenvalue weighted by Gasteiger charge is 2.24. The largest absolute Gasteiger partial charge is 0.339 e.